The quantitative estimate of drug-likeness (QED) is 0.0957. The van der Waals surface area contributed by atoms with Crippen molar-refractivity contribution in [3.63, 3.8) is 0 Å². The Kier molecular flexibility index (Phi) is 10.5. The first-order chi connectivity index (χ1) is 29.6. The highest BCUT2D eigenvalue weighted by molar-refractivity contribution is 14.1. The Bertz CT molecular complexity index is 2420. The number of rotatable bonds is 8. The summed E-state index contributed by atoms with van der Waals surface area (Å²) >= 11 is 2.34. The fourth-order valence-corrected chi connectivity index (χ4v) is 14.0. The molecule has 3 aromatic rings. The molecule has 0 radical (unpaired) electrons. The second-order valence-electron chi connectivity index (χ2n) is 18.7. The molecule has 1 amide bonds. The topological polar surface area (TPSA) is 171 Å². The summed E-state index contributed by atoms with van der Waals surface area (Å²) in [7, 11) is 4.11. The molecule has 1 unspecified atom stereocenters. The van der Waals surface area contributed by atoms with Crippen LogP contribution < -0.4 is 9.64 Å². The number of esters is 3. The van der Waals surface area contributed by atoms with Gasteiger partial charge in [0.1, 0.15) is 11.2 Å². The molecule has 332 valence electrons. The largest absolute Gasteiger partial charge is 0.496 e. The number of piperidine rings is 1. The zero-order valence-corrected chi connectivity index (χ0v) is 38.7. The predicted octanol–water partition coefficient (Wildman–Crippen LogP) is 4.43. The molecule has 3 fully saturated rings. The first-order valence-electron chi connectivity index (χ1n) is 21.8. The fraction of sp³-hybridized carbons (Fsp3) is 0.574. The number of nitrogens with one attached hydrogen (secondary N) is 1. The SMILES string of the molecule is CC[C@]1(O)C[C@H]2CN(CCc3c([nH]c4cc(I)c(C)cc34)[C@@](C(=O)OC)(c3cc4c(cc3OC)N(C=O)[C@H]3[C@@](O)(C(=O)OC)[C@H](OC(C)=O)[C@]5(CC)C=CCN6CC[C@]43[C@@H]65)C2)C1. The summed E-state index contributed by atoms with van der Waals surface area (Å²) in [5.41, 5.74) is -2.05. The number of aromatic nitrogens is 1. The molecule has 2 bridgehead atoms. The van der Waals surface area contributed by atoms with Crippen molar-refractivity contribution in [1.82, 2.24) is 14.8 Å². The number of aromatic amines is 1. The molecule has 9 rings (SSSR count). The van der Waals surface area contributed by atoms with Gasteiger partial charge in [0, 0.05) is 81.8 Å². The Balaban J connectivity index is 1.39. The van der Waals surface area contributed by atoms with Crippen molar-refractivity contribution in [1.29, 1.82) is 0 Å². The molecule has 1 saturated carbocycles. The van der Waals surface area contributed by atoms with E-state index in [9.17, 15) is 24.6 Å². The Morgan fingerprint density at radius 1 is 0.984 bits per heavy atom. The highest BCUT2D eigenvalue weighted by Gasteiger charge is 2.81. The fourth-order valence-electron chi connectivity index (χ4n) is 13.5. The second kappa shape index (κ2) is 15.0. The number of hydrogen-bond donors (Lipinski definition) is 3. The number of ether oxygens (including phenoxy) is 4. The summed E-state index contributed by atoms with van der Waals surface area (Å²) in [6, 6.07) is 6.26. The molecule has 15 heteroatoms. The number of nitrogens with zero attached hydrogens (tertiary/aromatic N) is 3. The number of hydrogen-bond acceptors (Lipinski definition) is 12. The molecule has 5 aliphatic heterocycles. The monoisotopic (exact) mass is 964 g/mol. The lowest BCUT2D eigenvalue weighted by Gasteiger charge is -2.63. The zero-order chi connectivity index (χ0) is 44.3. The van der Waals surface area contributed by atoms with Gasteiger partial charge in [-0.1, -0.05) is 26.0 Å². The van der Waals surface area contributed by atoms with Crippen LogP contribution in [0.5, 0.6) is 5.75 Å². The first kappa shape index (κ1) is 43.2. The number of carbonyl (C=O) groups excluding carboxylic acids is 4. The minimum Gasteiger partial charge on any atom is -0.496 e. The van der Waals surface area contributed by atoms with Gasteiger partial charge in [0.25, 0.3) is 0 Å². The average Bonchev–Trinajstić information content (AvgIpc) is 3.92. The molecule has 6 aliphatic rings. The third-order valence-electron chi connectivity index (χ3n) is 15.9. The lowest BCUT2D eigenvalue weighted by Crippen LogP contribution is -2.81. The van der Waals surface area contributed by atoms with E-state index in [0.717, 1.165) is 25.6 Å². The normalized spacial score (nSPS) is 35.7. The number of benzene rings is 2. The van der Waals surface area contributed by atoms with Crippen LogP contribution in [0.3, 0.4) is 0 Å². The molecule has 1 aliphatic carbocycles. The van der Waals surface area contributed by atoms with Crippen molar-refractivity contribution in [3.8, 4) is 5.75 Å². The van der Waals surface area contributed by atoms with E-state index >= 15 is 4.79 Å². The number of carbonyl (C=O) groups is 4. The molecule has 6 heterocycles. The Labute approximate surface area is 375 Å². The van der Waals surface area contributed by atoms with Crippen molar-refractivity contribution in [2.75, 3.05) is 59.0 Å². The van der Waals surface area contributed by atoms with Crippen molar-refractivity contribution < 1.29 is 48.3 Å². The van der Waals surface area contributed by atoms with Crippen LogP contribution >= 0.6 is 22.6 Å². The minimum absolute atomic E-state index is 0.163. The molecule has 62 heavy (non-hydrogen) atoms. The Morgan fingerprint density at radius 3 is 2.40 bits per heavy atom. The maximum absolute atomic E-state index is 15.5. The number of methoxy groups -OCH3 is 3. The van der Waals surface area contributed by atoms with Crippen LogP contribution in [0.15, 0.2) is 36.4 Å². The van der Waals surface area contributed by atoms with E-state index in [1.807, 2.05) is 32.1 Å². The Hall–Kier alpha value is -4.03. The van der Waals surface area contributed by atoms with Gasteiger partial charge in [-0.2, -0.15) is 0 Å². The van der Waals surface area contributed by atoms with Crippen LogP contribution in [0.2, 0.25) is 0 Å². The molecular formula is C47H57IN4O10. The molecule has 10 atom stereocenters. The molecule has 14 nitrogen and oxygen atoms in total. The van der Waals surface area contributed by atoms with Crippen molar-refractivity contribution in [3.05, 3.63) is 67.9 Å². The maximum atomic E-state index is 15.5. The second-order valence-corrected chi connectivity index (χ2v) is 19.9. The van der Waals surface area contributed by atoms with Gasteiger partial charge in [-0.25, -0.2) is 4.79 Å². The van der Waals surface area contributed by atoms with Crippen LogP contribution in [0.25, 0.3) is 10.9 Å². The standard InChI is InChI=1S/C47H57IN4O10/c1-8-43(57)21-28-22-46(41(55)60-6,37-29(11-15-50(23-28)24-43)30-17-26(3)33(48)19-34(30)49-37)32-18-31-35(20-36(32)59-5)52(25-53)39-45(31)13-16-51-14-10-12-44(9-2,38(45)51)40(62-27(4)54)47(39,58)42(56)61-7/h10,12,17-20,25,28,38-40,49,57-58H,8-9,11,13-16,21-24H2,1-7H3/t28-,38+,39-,40-,43+,44-,45-,46+,47+/m1/s1. The lowest BCUT2D eigenvalue weighted by atomic mass is 9.47. The van der Waals surface area contributed by atoms with Crippen molar-refractivity contribution in [2.24, 2.45) is 11.3 Å². The minimum atomic E-state index is -2.54. The van der Waals surface area contributed by atoms with Gasteiger partial charge in [-0.3, -0.25) is 24.2 Å². The number of aliphatic hydroxyl groups is 2. The number of aryl methyl sites for hydroxylation is 1. The summed E-state index contributed by atoms with van der Waals surface area (Å²) in [6.45, 7) is 10.2. The van der Waals surface area contributed by atoms with E-state index in [4.69, 9.17) is 18.9 Å². The van der Waals surface area contributed by atoms with Gasteiger partial charge >= 0.3 is 17.9 Å². The van der Waals surface area contributed by atoms with Crippen LogP contribution in [0, 0.1) is 21.8 Å². The predicted molar refractivity (Wildman–Crippen MR) is 238 cm³/mol. The van der Waals surface area contributed by atoms with Crippen LogP contribution in [-0.2, 0) is 50.6 Å². The van der Waals surface area contributed by atoms with E-state index in [1.54, 1.807) is 6.07 Å². The molecule has 1 aromatic heterocycles. The summed E-state index contributed by atoms with van der Waals surface area (Å²) in [6.07, 6.45) is 5.82. The van der Waals surface area contributed by atoms with Crippen LogP contribution in [0.4, 0.5) is 5.69 Å². The molecule has 3 N–H and O–H groups in total. The Morgan fingerprint density at radius 2 is 1.74 bits per heavy atom. The molecule has 1 spiro atoms. The van der Waals surface area contributed by atoms with Gasteiger partial charge in [0.15, 0.2) is 6.10 Å². The van der Waals surface area contributed by atoms with Gasteiger partial charge in [-0.05, 0) is 115 Å². The van der Waals surface area contributed by atoms with E-state index in [-0.39, 0.29) is 12.3 Å². The van der Waals surface area contributed by atoms with Gasteiger partial charge in [0.2, 0.25) is 12.0 Å². The van der Waals surface area contributed by atoms with E-state index < -0.39 is 63.5 Å². The highest BCUT2D eigenvalue weighted by atomic mass is 127. The number of halogens is 1. The van der Waals surface area contributed by atoms with E-state index in [2.05, 4.69) is 56.4 Å². The van der Waals surface area contributed by atoms with Gasteiger partial charge < -0.3 is 39.0 Å². The van der Waals surface area contributed by atoms with E-state index in [0.29, 0.717) is 99.5 Å². The van der Waals surface area contributed by atoms with Crippen LogP contribution in [0.1, 0.15) is 80.8 Å². The third-order valence-corrected chi connectivity index (χ3v) is 17.0. The van der Waals surface area contributed by atoms with Crippen molar-refractivity contribution in [2.45, 2.75) is 106 Å². The maximum Gasteiger partial charge on any atom is 0.344 e. The summed E-state index contributed by atoms with van der Waals surface area (Å²) < 4.78 is 24.9. The smallest absolute Gasteiger partial charge is 0.344 e. The third kappa shape index (κ3) is 5.65. The number of anilines is 1. The van der Waals surface area contributed by atoms with E-state index in [1.165, 1.54) is 33.2 Å². The number of H-pyrrole nitrogens is 1. The lowest BCUT2D eigenvalue weighted by molar-refractivity contribution is -0.228. The molecule has 2 saturated heterocycles. The van der Waals surface area contributed by atoms with Crippen LogP contribution in [-0.4, -0.2) is 133 Å². The number of amides is 1. The molecular weight excluding hydrogens is 907 g/mol. The first-order valence-corrected chi connectivity index (χ1v) is 22.9. The zero-order valence-electron chi connectivity index (χ0n) is 36.5. The summed E-state index contributed by atoms with van der Waals surface area (Å²) in [5, 5.41) is 26.4. The molecule has 2 aromatic carbocycles. The summed E-state index contributed by atoms with van der Waals surface area (Å²) in [5.74, 6) is -2.07. The summed E-state index contributed by atoms with van der Waals surface area (Å²) in [4.78, 5) is 66.5. The average molecular weight is 965 g/mol. The number of fused-ring (bicyclic) bond motifs is 6. The highest BCUT2D eigenvalue weighted by Crippen LogP contribution is 2.68. The van der Waals surface area contributed by atoms with Gasteiger partial charge in [-0.15, -0.1) is 0 Å². The van der Waals surface area contributed by atoms with Gasteiger partial charge in [0.05, 0.1) is 38.7 Å². The van der Waals surface area contributed by atoms with Crippen molar-refractivity contribution >= 4 is 63.5 Å².